The highest BCUT2D eigenvalue weighted by atomic mass is 32.2. The number of hydrogen-bond donors (Lipinski definition) is 1. The van der Waals surface area contributed by atoms with E-state index in [1.807, 2.05) is 6.07 Å². The summed E-state index contributed by atoms with van der Waals surface area (Å²) in [5.74, 6) is 0.396. The van der Waals surface area contributed by atoms with E-state index in [2.05, 4.69) is 5.32 Å². The number of piperazine rings is 1. The summed E-state index contributed by atoms with van der Waals surface area (Å²) >= 11 is 0. The average molecular weight is 457 g/mol. The standard InChI is InChI=1S/C22H24N4O5S/c1-30-20-9-8-18(14-21(20)31-2)24-22(27)17(15-23)16-25-10-12-26(13-11-25)32(28,29)19-6-4-3-5-7-19/h3-9,14,16H,10-13H2,1-2H3,(H,24,27)/b17-16-. The fourth-order valence-corrected chi connectivity index (χ4v) is 4.69. The van der Waals surface area contributed by atoms with Crippen LogP contribution in [0.4, 0.5) is 5.69 Å². The van der Waals surface area contributed by atoms with Crippen LogP contribution < -0.4 is 14.8 Å². The lowest BCUT2D eigenvalue weighted by atomic mass is 10.2. The molecule has 1 N–H and O–H groups in total. The van der Waals surface area contributed by atoms with Gasteiger partial charge < -0.3 is 19.7 Å². The van der Waals surface area contributed by atoms with Gasteiger partial charge in [-0.05, 0) is 24.3 Å². The van der Waals surface area contributed by atoms with Crippen LogP contribution in [0.5, 0.6) is 11.5 Å². The maximum Gasteiger partial charge on any atom is 0.267 e. The third kappa shape index (κ3) is 5.19. The van der Waals surface area contributed by atoms with Crippen LogP contribution in [0.25, 0.3) is 0 Å². The average Bonchev–Trinajstić information content (AvgIpc) is 2.83. The van der Waals surface area contributed by atoms with Crippen LogP contribution in [0, 0.1) is 11.3 Å². The van der Waals surface area contributed by atoms with Gasteiger partial charge in [-0.1, -0.05) is 18.2 Å². The van der Waals surface area contributed by atoms with Crippen molar-refractivity contribution < 1.29 is 22.7 Å². The number of ether oxygens (including phenoxy) is 2. The summed E-state index contributed by atoms with van der Waals surface area (Å²) in [7, 11) is -0.570. The maximum atomic E-state index is 12.7. The topological polar surface area (TPSA) is 112 Å². The molecule has 0 aliphatic carbocycles. The van der Waals surface area contributed by atoms with Crippen molar-refractivity contribution in [2.45, 2.75) is 4.90 Å². The molecule has 0 aromatic heterocycles. The minimum Gasteiger partial charge on any atom is -0.493 e. The van der Waals surface area contributed by atoms with Crippen molar-refractivity contribution in [3.05, 3.63) is 60.3 Å². The van der Waals surface area contributed by atoms with E-state index in [1.54, 1.807) is 53.4 Å². The zero-order chi connectivity index (χ0) is 23.1. The van der Waals surface area contributed by atoms with Gasteiger partial charge >= 0.3 is 0 Å². The number of benzene rings is 2. The van der Waals surface area contributed by atoms with Crippen LogP contribution in [0.15, 0.2) is 65.2 Å². The Morgan fingerprint density at radius 1 is 1.03 bits per heavy atom. The number of nitrogens with one attached hydrogen (secondary N) is 1. The van der Waals surface area contributed by atoms with E-state index in [4.69, 9.17) is 9.47 Å². The molecular weight excluding hydrogens is 432 g/mol. The molecule has 9 nitrogen and oxygen atoms in total. The lowest BCUT2D eigenvalue weighted by Crippen LogP contribution is -2.46. The van der Waals surface area contributed by atoms with Crippen LogP contribution in [-0.2, 0) is 14.8 Å². The largest absolute Gasteiger partial charge is 0.493 e. The quantitative estimate of drug-likeness (QED) is 0.501. The Balaban J connectivity index is 1.65. The smallest absolute Gasteiger partial charge is 0.267 e. The van der Waals surface area contributed by atoms with E-state index in [1.165, 1.54) is 24.7 Å². The van der Waals surface area contributed by atoms with Crippen molar-refractivity contribution >= 4 is 21.6 Å². The fraction of sp³-hybridized carbons (Fsp3) is 0.273. The predicted octanol–water partition coefficient (Wildman–Crippen LogP) is 2.06. The van der Waals surface area contributed by atoms with Crippen LogP contribution in [0.1, 0.15) is 0 Å². The van der Waals surface area contributed by atoms with Gasteiger partial charge in [0.15, 0.2) is 11.5 Å². The zero-order valence-corrected chi connectivity index (χ0v) is 18.6. The second-order valence-electron chi connectivity index (χ2n) is 6.93. The molecule has 0 unspecified atom stereocenters. The molecular formula is C22H24N4O5S. The summed E-state index contributed by atoms with van der Waals surface area (Å²) in [5.41, 5.74) is 0.367. The molecule has 0 atom stereocenters. The second kappa shape index (κ2) is 10.2. The predicted molar refractivity (Wildman–Crippen MR) is 119 cm³/mol. The van der Waals surface area contributed by atoms with E-state index >= 15 is 0 Å². The van der Waals surface area contributed by atoms with Crippen LogP contribution in [0.2, 0.25) is 0 Å². The third-order valence-corrected chi connectivity index (χ3v) is 6.89. The Morgan fingerprint density at radius 2 is 1.69 bits per heavy atom. The molecule has 1 amide bonds. The number of carbonyl (C=O) groups excluding carboxylic acids is 1. The number of sulfonamides is 1. The molecule has 2 aromatic rings. The Kier molecular flexibility index (Phi) is 7.35. The minimum absolute atomic E-state index is 0.0841. The van der Waals surface area contributed by atoms with Gasteiger partial charge in [0.2, 0.25) is 10.0 Å². The van der Waals surface area contributed by atoms with E-state index in [-0.39, 0.29) is 23.6 Å². The number of nitriles is 1. The summed E-state index contributed by atoms with van der Waals surface area (Å²) < 4.78 is 37.3. The van der Waals surface area contributed by atoms with Crippen molar-refractivity contribution in [1.29, 1.82) is 5.26 Å². The highest BCUT2D eigenvalue weighted by Gasteiger charge is 2.28. The molecule has 0 radical (unpaired) electrons. The number of hydrogen-bond acceptors (Lipinski definition) is 7. The van der Waals surface area contributed by atoms with Crippen molar-refractivity contribution in [2.24, 2.45) is 0 Å². The molecule has 1 saturated heterocycles. The summed E-state index contributed by atoms with van der Waals surface area (Å²) in [6.07, 6.45) is 1.46. The fourth-order valence-electron chi connectivity index (χ4n) is 3.25. The first kappa shape index (κ1) is 23.1. The number of rotatable bonds is 7. The first-order valence-corrected chi connectivity index (χ1v) is 11.3. The van der Waals surface area contributed by atoms with Gasteiger partial charge in [0.05, 0.1) is 19.1 Å². The summed E-state index contributed by atoms with van der Waals surface area (Å²) in [6.45, 7) is 1.23. The van der Waals surface area contributed by atoms with Gasteiger partial charge in [-0.2, -0.15) is 9.57 Å². The van der Waals surface area contributed by atoms with Gasteiger partial charge in [0.25, 0.3) is 5.91 Å². The van der Waals surface area contributed by atoms with Crippen molar-refractivity contribution in [3.63, 3.8) is 0 Å². The Hall–Kier alpha value is -3.55. The monoisotopic (exact) mass is 456 g/mol. The molecule has 1 aliphatic rings. The number of amides is 1. The molecule has 0 saturated carbocycles. The number of carbonyl (C=O) groups is 1. The van der Waals surface area contributed by atoms with E-state index in [0.29, 0.717) is 30.3 Å². The van der Waals surface area contributed by atoms with Gasteiger partial charge in [-0.3, -0.25) is 4.79 Å². The molecule has 3 rings (SSSR count). The SMILES string of the molecule is COc1ccc(NC(=O)/C(C#N)=C\N2CCN(S(=O)(=O)c3ccccc3)CC2)cc1OC. The van der Waals surface area contributed by atoms with Crippen molar-refractivity contribution in [3.8, 4) is 17.6 Å². The Morgan fingerprint density at radius 3 is 2.28 bits per heavy atom. The molecule has 0 spiro atoms. The molecule has 10 heteroatoms. The Bertz CT molecular complexity index is 1130. The number of anilines is 1. The van der Waals surface area contributed by atoms with Gasteiger partial charge in [0.1, 0.15) is 11.6 Å². The highest BCUT2D eigenvalue weighted by molar-refractivity contribution is 7.89. The van der Waals surface area contributed by atoms with Crippen LogP contribution >= 0.6 is 0 Å². The lowest BCUT2D eigenvalue weighted by Gasteiger charge is -2.33. The number of methoxy groups -OCH3 is 2. The molecule has 1 heterocycles. The lowest BCUT2D eigenvalue weighted by molar-refractivity contribution is -0.112. The Labute approximate surface area is 187 Å². The normalized spacial score (nSPS) is 15.0. The summed E-state index contributed by atoms with van der Waals surface area (Å²) in [6, 6.07) is 15.0. The molecule has 1 aliphatic heterocycles. The minimum atomic E-state index is -3.57. The third-order valence-electron chi connectivity index (χ3n) is 4.97. The molecule has 2 aromatic carbocycles. The first-order chi connectivity index (χ1) is 15.4. The second-order valence-corrected chi connectivity index (χ2v) is 8.87. The molecule has 1 fully saturated rings. The molecule has 168 valence electrons. The van der Waals surface area contributed by atoms with E-state index < -0.39 is 15.9 Å². The first-order valence-electron chi connectivity index (χ1n) is 9.83. The highest BCUT2D eigenvalue weighted by Crippen LogP contribution is 2.30. The zero-order valence-electron chi connectivity index (χ0n) is 17.8. The summed E-state index contributed by atoms with van der Waals surface area (Å²) in [4.78, 5) is 14.6. The van der Waals surface area contributed by atoms with Crippen molar-refractivity contribution in [1.82, 2.24) is 9.21 Å². The van der Waals surface area contributed by atoms with Crippen LogP contribution in [-0.4, -0.2) is 63.9 Å². The van der Waals surface area contributed by atoms with Gasteiger partial charge in [-0.15, -0.1) is 0 Å². The van der Waals surface area contributed by atoms with Gasteiger partial charge in [0, 0.05) is 44.1 Å². The van der Waals surface area contributed by atoms with Crippen molar-refractivity contribution in [2.75, 3.05) is 45.7 Å². The molecule has 32 heavy (non-hydrogen) atoms. The van der Waals surface area contributed by atoms with E-state index in [0.717, 1.165) is 0 Å². The molecule has 0 bridgehead atoms. The van der Waals surface area contributed by atoms with E-state index in [9.17, 15) is 18.5 Å². The van der Waals surface area contributed by atoms with Gasteiger partial charge in [-0.25, -0.2) is 8.42 Å². The van der Waals surface area contributed by atoms with Crippen LogP contribution in [0.3, 0.4) is 0 Å². The number of nitrogens with zero attached hydrogens (tertiary/aromatic N) is 3. The summed E-state index contributed by atoms with van der Waals surface area (Å²) in [5, 5.41) is 12.1. The maximum absolute atomic E-state index is 12.7.